The van der Waals surface area contributed by atoms with E-state index in [4.69, 9.17) is 24.7 Å². The number of aryl methyl sites for hydroxylation is 1. The van der Waals surface area contributed by atoms with Gasteiger partial charge in [-0.2, -0.15) is 4.98 Å². The first-order chi connectivity index (χ1) is 13.7. The summed E-state index contributed by atoms with van der Waals surface area (Å²) in [5, 5.41) is 0. The average molecular weight is 385 g/mol. The Labute approximate surface area is 165 Å². The molecule has 28 heavy (non-hydrogen) atoms. The molecule has 1 fully saturated rings. The molecule has 3 rings (SSSR count). The van der Waals surface area contributed by atoms with Crippen LogP contribution in [0, 0.1) is 6.92 Å². The van der Waals surface area contributed by atoms with E-state index >= 15 is 0 Å². The van der Waals surface area contributed by atoms with E-state index in [9.17, 15) is 0 Å². The van der Waals surface area contributed by atoms with E-state index < -0.39 is 0 Å². The lowest BCUT2D eigenvalue weighted by molar-refractivity contribution is -0.165. The van der Waals surface area contributed by atoms with E-state index in [0.29, 0.717) is 42.9 Å². The Kier molecular flexibility index (Phi) is 7.22. The number of anilines is 1. The fraction of sp³-hybridized carbons (Fsp3) is 0.429. The molecule has 0 bridgehead atoms. The van der Waals surface area contributed by atoms with Crippen molar-refractivity contribution in [2.75, 3.05) is 32.2 Å². The molecule has 0 spiro atoms. The zero-order valence-corrected chi connectivity index (χ0v) is 16.2. The molecule has 1 aliphatic heterocycles. The van der Waals surface area contributed by atoms with Gasteiger partial charge in [0.1, 0.15) is 36.2 Å². The number of rotatable bonds is 9. The summed E-state index contributed by atoms with van der Waals surface area (Å²) in [5.41, 5.74) is 8.17. The predicted molar refractivity (Wildman–Crippen MR) is 107 cm³/mol. The van der Waals surface area contributed by atoms with Gasteiger partial charge in [0.25, 0.3) is 0 Å². The van der Waals surface area contributed by atoms with E-state index in [1.54, 1.807) is 6.08 Å². The van der Waals surface area contributed by atoms with Gasteiger partial charge in [-0.15, -0.1) is 0 Å². The van der Waals surface area contributed by atoms with Gasteiger partial charge in [0, 0.05) is 12.2 Å². The third kappa shape index (κ3) is 5.43. The number of benzene rings is 1. The van der Waals surface area contributed by atoms with Crippen LogP contribution in [0.15, 0.2) is 36.9 Å². The monoisotopic (exact) mass is 385 g/mol. The number of nitrogen functional groups attached to an aromatic ring is 1. The zero-order valence-electron chi connectivity index (χ0n) is 16.2. The van der Waals surface area contributed by atoms with E-state index in [2.05, 4.69) is 16.5 Å². The molecule has 0 amide bonds. The van der Waals surface area contributed by atoms with E-state index in [0.717, 1.165) is 37.2 Å². The second kappa shape index (κ2) is 10.1. The molecule has 7 heteroatoms. The standard InChI is InChI=1S/C21H27N3O4/c1-3-11-25-17-9-7-16(8-10-17)20-19(22)21(24-15(2)23-20)28-14-13-27-18-6-4-5-12-26-18/h3,7-10,18H,1,4-6,11-14,22H2,2H3. The maximum absolute atomic E-state index is 6.27. The molecule has 1 aromatic carbocycles. The minimum Gasteiger partial charge on any atom is -0.490 e. The fourth-order valence-electron chi connectivity index (χ4n) is 2.91. The summed E-state index contributed by atoms with van der Waals surface area (Å²) in [6.45, 7) is 7.42. The minimum absolute atomic E-state index is 0.140. The molecule has 2 heterocycles. The number of hydrogen-bond donors (Lipinski definition) is 1. The first-order valence-corrected chi connectivity index (χ1v) is 9.51. The lowest BCUT2D eigenvalue weighted by atomic mass is 10.1. The third-order valence-corrected chi connectivity index (χ3v) is 4.28. The number of nitrogens with zero attached hydrogens (tertiary/aromatic N) is 2. The van der Waals surface area contributed by atoms with Crippen LogP contribution in [0.5, 0.6) is 11.6 Å². The Bertz CT molecular complexity index is 774. The second-order valence-electron chi connectivity index (χ2n) is 6.48. The molecule has 0 radical (unpaired) electrons. The Hall–Kier alpha value is -2.64. The van der Waals surface area contributed by atoms with Crippen LogP contribution in [0.4, 0.5) is 5.69 Å². The Morgan fingerprint density at radius 3 is 2.71 bits per heavy atom. The average Bonchev–Trinajstić information content (AvgIpc) is 2.73. The van der Waals surface area contributed by atoms with Gasteiger partial charge in [0.2, 0.25) is 5.88 Å². The summed E-state index contributed by atoms with van der Waals surface area (Å²) in [6, 6.07) is 7.55. The number of aromatic nitrogens is 2. The normalized spacial score (nSPS) is 16.5. The molecular formula is C21H27N3O4. The van der Waals surface area contributed by atoms with Crippen LogP contribution in [0.25, 0.3) is 11.3 Å². The number of ether oxygens (including phenoxy) is 4. The minimum atomic E-state index is -0.140. The van der Waals surface area contributed by atoms with Crippen LogP contribution in [-0.2, 0) is 9.47 Å². The molecule has 0 aliphatic carbocycles. The van der Waals surface area contributed by atoms with Crippen LogP contribution in [-0.4, -0.2) is 42.7 Å². The molecule has 1 aromatic heterocycles. The Morgan fingerprint density at radius 2 is 2.00 bits per heavy atom. The zero-order chi connectivity index (χ0) is 19.8. The van der Waals surface area contributed by atoms with Crippen LogP contribution in [0.2, 0.25) is 0 Å². The Balaban J connectivity index is 1.63. The summed E-state index contributed by atoms with van der Waals surface area (Å²) in [4.78, 5) is 8.79. The molecule has 7 nitrogen and oxygen atoms in total. The van der Waals surface area contributed by atoms with E-state index in [1.165, 1.54) is 0 Å². The second-order valence-corrected chi connectivity index (χ2v) is 6.48. The quantitative estimate of drug-likeness (QED) is 0.522. The van der Waals surface area contributed by atoms with Crippen LogP contribution in [0.1, 0.15) is 25.1 Å². The Morgan fingerprint density at radius 1 is 1.18 bits per heavy atom. The summed E-state index contributed by atoms with van der Waals surface area (Å²) in [7, 11) is 0. The summed E-state index contributed by atoms with van der Waals surface area (Å²) < 4.78 is 22.5. The lowest BCUT2D eigenvalue weighted by Crippen LogP contribution is -2.24. The van der Waals surface area contributed by atoms with Gasteiger partial charge in [-0.25, -0.2) is 4.98 Å². The van der Waals surface area contributed by atoms with Gasteiger partial charge in [-0.3, -0.25) is 0 Å². The largest absolute Gasteiger partial charge is 0.490 e. The highest BCUT2D eigenvalue weighted by Crippen LogP contribution is 2.31. The third-order valence-electron chi connectivity index (χ3n) is 4.28. The number of hydrogen-bond acceptors (Lipinski definition) is 7. The topological polar surface area (TPSA) is 88.7 Å². The maximum atomic E-state index is 6.27. The van der Waals surface area contributed by atoms with Crippen molar-refractivity contribution in [1.29, 1.82) is 0 Å². The molecule has 150 valence electrons. The molecule has 1 unspecified atom stereocenters. The lowest BCUT2D eigenvalue weighted by Gasteiger charge is -2.22. The SMILES string of the molecule is C=CCOc1ccc(-c2nc(C)nc(OCCOC3CCCCO3)c2N)cc1. The first kappa shape index (κ1) is 20.1. The highest BCUT2D eigenvalue weighted by atomic mass is 16.7. The van der Waals surface area contributed by atoms with Crippen molar-refractivity contribution in [3.05, 3.63) is 42.7 Å². The van der Waals surface area contributed by atoms with Gasteiger partial charge in [-0.05, 0) is 50.5 Å². The van der Waals surface area contributed by atoms with Crippen LogP contribution in [0.3, 0.4) is 0 Å². The molecule has 0 saturated carbocycles. The summed E-state index contributed by atoms with van der Waals surface area (Å²) in [5.74, 6) is 1.71. The molecule has 2 N–H and O–H groups in total. The predicted octanol–water partition coefficient (Wildman–Crippen LogP) is 3.52. The van der Waals surface area contributed by atoms with Gasteiger partial charge in [0.15, 0.2) is 6.29 Å². The van der Waals surface area contributed by atoms with Crippen LogP contribution < -0.4 is 15.2 Å². The molecule has 1 saturated heterocycles. The van der Waals surface area contributed by atoms with Crippen molar-refractivity contribution in [1.82, 2.24) is 9.97 Å². The van der Waals surface area contributed by atoms with Crippen molar-refractivity contribution in [3.63, 3.8) is 0 Å². The van der Waals surface area contributed by atoms with Crippen LogP contribution >= 0.6 is 0 Å². The van der Waals surface area contributed by atoms with Gasteiger partial charge < -0.3 is 24.7 Å². The van der Waals surface area contributed by atoms with E-state index in [1.807, 2.05) is 31.2 Å². The summed E-state index contributed by atoms with van der Waals surface area (Å²) >= 11 is 0. The summed E-state index contributed by atoms with van der Waals surface area (Å²) in [6.07, 6.45) is 4.71. The van der Waals surface area contributed by atoms with Crippen molar-refractivity contribution in [2.45, 2.75) is 32.5 Å². The highest BCUT2D eigenvalue weighted by Gasteiger charge is 2.16. The molecule has 1 atom stereocenters. The highest BCUT2D eigenvalue weighted by molar-refractivity contribution is 5.76. The van der Waals surface area contributed by atoms with Crippen molar-refractivity contribution >= 4 is 5.69 Å². The maximum Gasteiger partial charge on any atom is 0.241 e. The first-order valence-electron chi connectivity index (χ1n) is 9.51. The van der Waals surface area contributed by atoms with Crippen molar-refractivity contribution < 1.29 is 18.9 Å². The smallest absolute Gasteiger partial charge is 0.241 e. The van der Waals surface area contributed by atoms with E-state index in [-0.39, 0.29) is 6.29 Å². The molecular weight excluding hydrogens is 358 g/mol. The van der Waals surface area contributed by atoms with Crippen molar-refractivity contribution in [2.24, 2.45) is 0 Å². The van der Waals surface area contributed by atoms with Gasteiger partial charge >= 0.3 is 0 Å². The van der Waals surface area contributed by atoms with Gasteiger partial charge in [0.05, 0.1) is 6.61 Å². The van der Waals surface area contributed by atoms with Crippen molar-refractivity contribution in [3.8, 4) is 22.9 Å². The van der Waals surface area contributed by atoms with Gasteiger partial charge in [-0.1, -0.05) is 12.7 Å². The molecule has 2 aromatic rings. The molecule has 1 aliphatic rings. The fourth-order valence-corrected chi connectivity index (χ4v) is 2.91. The number of nitrogens with two attached hydrogens (primary N) is 1.